The molecule has 0 N–H and O–H groups in total. The molecule has 1 aliphatic rings. The molecule has 0 nitrogen and oxygen atoms in total. The van der Waals surface area contributed by atoms with Crippen LogP contribution in [0.15, 0.2) is 0 Å². The fraction of sp³-hybridized carbons (Fsp3) is 1.00. The molecule has 0 aliphatic heterocycles. The SMILES string of the molecule is CCCC1CCC(C(C)(C)C)CC1. The second kappa shape index (κ2) is 4.48. The third-order valence-electron chi connectivity index (χ3n) is 3.77. The molecule has 1 saturated carbocycles. The minimum absolute atomic E-state index is 0.553. The van der Waals surface area contributed by atoms with E-state index in [9.17, 15) is 0 Å². The fourth-order valence-corrected chi connectivity index (χ4v) is 2.73. The normalized spacial score (nSPS) is 30.5. The summed E-state index contributed by atoms with van der Waals surface area (Å²) in [6.07, 6.45) is 8.80. The van der Waals surface area contributed by atoms with Gasteiger partial charge in [-0.25, -0.2) is 0 Å². The second-order valence-corrected chi connectivity index (χ2v) is 5.87. The summed E-state index contributed by atoms with van der Waals surface area (Å²) in [7, 11) is 0. The van der Waals surface area contributed by atoms with Crippen molar-refractivity contribution in [1.82, 2.24) is 0 Å². The van der Waals surface area contributed by atoms with Crippen LogP contribution in [-0.2, 0) is 0 Å². The van der Waals surface area contributed by atoms with Gasteiger partial charge in [0, 0.05) is 0 Å². The lowest BCUT2D eigenvalue weighted by Crippen LogP contribution is -2.25. The van der Waals surface area contributed by atoms with Crippen molar-refractivity contribution in [2.45, 2.75) is 66.2 Å². The van der Waals surface area contributed by atoms with E-state index in [-0.39, 0.29) is 0 Å². The Morgan fingerprint density at radius 2 is 1.54 bits per heavy atom. The van der Waals surface area contributed by atoms with Crippen LogP contribution in [0.1, 0.15) is 66.2 Å². The lowest BCUT2D eigenvalue weighted by Gasteiger charge is -2.37. The van der Waals surface area contributed by atoms with Gasteiger partial charge in [-0.05, 0) is 30.1 Å². The predicted molar refractivity (Wildman–Crippen MR) is 59.8 cm³/mol. The van der Waals surface area contributed by atoms with Crippen molar-refractivity contribution in [3.63, 3.8) is 0 Å². The minimum atomic E-state index is 0.553. The molecule has 78 valence electrons. The van der Waals surface area contributed by atoms with Crippen LogP contribution in [-0.4, -0.2) is 0 Å². The molecular weight excluding hydrogens is 156 g/mol. The summed E-state index contributed by atoms with van der Waals surface area (Å²) in [4.78, 5) is 0. The summed E-state index contributed by atoms with van der Waals surface area (Å²) >= 11 is 0. The molecule has 0 unspecified atom stereocenters. The molecule has 0 atom stereocenters. The highest BCUT2D eigenvalue weighted by atomic mass is 14.3. The molecule has 1 aliphatic carbocycles. The van der Waals surface area contributed by atoms with E-state index in [0.29, 0.717) is 5.41 Å². The van der Waals surface area contributed by atoms with Gasteiger partial charge in [-0.3, -0.25) is 0 Å². The molecule has 1 fully saturated rings. The van der Waals surface area contributed by atoms with Crippen molar-refractivity contribution >= 4 is 0 Å². The van der Waals surface area contributed by atoms with Crippen LogP contribution in [0.4, 0.5) is 0 Å². The van der Waals surface area contributed by atoms with Gasteiger partial charge in [0.15, 0.2) is 0 Å². The van der Waals surface area contributed by atoms with Gasteiger partial charge >= 0.3 is 0 Å². The van der Waals surface area contributed by atoms with Gasteiger partial charge in [-0.2, -0.15) is 0 Å². The largest absolute Gasteiger partial charge is 0.0654 e. The van der Waals surface area contributed by atoms with Gasteiger partial charge in [-0.1, -0.05) is 53.4 Å². The second-order valence-electron chi connectivity index (χ2n) is 5.87. The van der Waals surface area contributed by atoms with E-state index in [2.05, 4.69) is 27.7 Å². The molecule has 0 heterocycles. The van der Waals surface area contributed by atoms with Crippen molar-refractivity contribution in [2.75, 3.05) is 0 Å². The number of hydrogen-bond donors (Lipinski definition) is 0. The Morgan fingerprint density at radius 1 is 1.00 bits per heavy atom. The molecule has 0 saturated heterocycles. The smallest absolute Gasteiger partial charge is 0.0354 e. The Balaban J connectivity index is 2.30. The average molecular weight is 182 g/mol. The molecule has 0 heteroatoms. The van der Waals surface area contributed by atoms with E-state index >= 15 is 0 Å². The van der Waals surface area contributed by atoms with Crippen LogP contribution in [0.25, 0.3) is 0 Å². The Bertz CT molecular complexity index is 133. The molecule has 1 rings (SSSR count). The summed E-state index contributed by atoms with van der Waals surface area (Å²) in [6, 6.07) is 0. The standard InChI is InChI=1S/C13H26/c1-5-6-11-7-9-12(10-8-11)13(2,3)4/h11-12H,5-10H2,1-4H3. The quantitative estimate of drug-likeness (QED) is 0.583. The van der Waals surface area contributed by atoms with E-state index in [1.54, 1.807) is 0 Å². The van der Waals surface area contributed by atoms with Gasteiger partial charge in [0.05, 0.1) is 0 Å². The van der Waals surface area contributed by atoms with Crippen molar-refractivity contribution in [3.05, 3.63) is 0 Å². The zero-order valence-electron chi connectivity index (χ0n) is 9.90. The lowest BCUT2D eigenvalue weighted by molar-refractivity contribution is 0.146. The maximum absolute atomic E-state index is 2.40. The predicted octanol–water partition coefficient (Wildman–Crippen LogP) is 4.64. The van der Waals surface area contributed by atoms with E-state index in [0.717, 1.165) is 11.8 Å². The Hall–Kier alpha value is 0. The highest BCUT2D eigenvalue weighted by molar-refractivity contribution is 4.80. The van der Waals surface area contributed by atoms with E-state index in [1.807, 2.05) is 0 Å². The van der Waals surface area contributed by atoms with Crippen LogP contribution in [0.5, 0.6) is 0 Å². The third-order valence-corrected chi connectivity index (χ3v) is 3.77. The maximum Gasteiger partial charge on any atom is -0.0354 e. The Labute approximate surface area is 84.1 Å². The van der Waals surface area contributed by atoms with E-state index in [4.69, 9.17) is 0 Å². The van der Waals surface area contributed by atoms with Crippen LogP contribution >= 0.6 is 0 Å². The highest BCUT2D eigenvalue weighted by Crippen LogP contribution is 2.40. The maximum atomic E-state index is 2.40. The molecule has 0 spiro atoms. The molecule has 0 radical (unpaired) electrons. The zero-order chi connectivity index (χ0) is 9.90. The zero-order valence-corrected chi connectivity index (χ0v) is 9.90. The summed E-state index contributed by atoms with van der Waals surface area (Å²) in [6.45, 7) is 9.52. The monoisotopic (exact) mass is 182 g/mol. The average Bonchev–Trinajstić information content (AvgIpc) is 2.04. The Morgan fingerprint density at radius 3 is 1.92 bits per heavy atom. The van der Waals surface area contributed by atoms with E-state index in [1.165, 1.54) is 38.5 Å². The Kier molecular flexibility index (Phi) is 3.82. The van der Waals surface area contributed by atoms with Crippen molar-refractivity contribution < 1.29 is 0 Å². The van der Waals surface area contributed by atoms with Gasteiger partial charge in [0.1, 0.15) is 0 Å². The van der Waals surface area contributed by atoms with Gasteiger partial charge < -0.3 is 0 Å². The van der Waals surface area contributed by atoms with Crippen molar-refractivity contribution in [1.29, 1.82) is 0 Å². The molecule has 0 bridgehead atoms. The molecule has 13 heavy (non-hydrogen) atoms. The highest BCUT2D eigenvalue weighted by Gasteiger charge is 2.28. The van der Waals surface area contributed by atoms with Gasteiger partial charge in [0.2, 0.25) is 0 Å². The van der Waals surface area contributed by atoms with Gasteiger partial charge in [0.25, 0.3) is 0 Å². The molecule has 0 aromatic carbocycles. The topological polar surface area (TPSA) is 0 Å². The number of rotatable bonds is 2. The summed E-state index contributed by atoms with van der Waals surface area (Å²) in [5.74, 6) is 2.05. The van der Waals surface area contributed by atoms with E-state index < -0.39 is 0 Å². The first-order valence-corrected chi connectivity index (χ1v) is 6.04. The third kappa shape index (κ3) is 3.32. The number of hydrogen-bond acceptors (Lipinski definition) is 0. The molecule has 0 amide bonds. The minimum Gasteiger partial charge on any atom is -0.0654 e. The fourth-order valence-electron chi connectivity index (χ4n) is 2.73. The van der Waals surface area contributed by atoms with Crippen LogP contribution in [0, 0.1) is 17.3 Å². The molecular formula is C13H26. The van der Waals surface area contributed by atoms with Gasteiger partial charge in [-0.15, -0.1) is 0 Å². The van der Waals surface area contributed by atoms with Crippen LogP contribution in [0.2, 0.25) is 0 Å². The van der Waals surface area contributed by atoms with Crippen LogP contribution in [0.3, 0.4) is 0 Å². The lowest BCUT2D eigenvalue weighted by atomic mass is 9.69. The van der Waals surface area contributed by atoms with Crippen LogP contribution < -0.4 is 0 Å². The van der Waals surface area contributed by atoms with Crippen molar-refractivity contribution in [3.8, 4) is 0 Å². The first-order valence-electron chi connectivity index (χ1n) is 6.04. The first-order chi connectivity index (χ1) is 6.04. The summed E-state index contributed by atoms with van der Waals surface area (Å²) < 4.78 is 0. The summed E-state index contributed by atoms with van der Waals surface area (Å²) in [5, 5.41) is 0. The molecule has 0 aromatic rings. The molecule has 0 aromatic heterocycles. The van der Waals surface area contributed by atoms with Crippen molar-refractivity contribution in [2.24, 2.45) is 17.3 Å². The first kappa shape index (κ1) is 11.1. The summed E-state index contributed by atoms with van der Waals surface area (Å²) in [5.41, 5.74) is 0.553.